The molecule has 9 fully saturated rings. The van der Waals surface area contributed by atoms with Gasteiger partial charge in [-0.3, -0.25) is 0 Å². The highest BCUT2D eigenvalue weighted by molar-refractivity contribution is 5.34. The summed E-state index contributed by atoms with van der Waals surface area (Å²) in [6.45, 7) is 4.61. The molecule has 0 heteroatoms. The fraction of sp³-hybridized carbons (Fsp3) is 0.739. The lowest BCUT2D eigenvalue weighted by molar-refractivity contribution is -0.169. The van der Waals surface area contributed by atoms with Gasteiger partial charge in [0.1, 0.15) is 0 Å². The molecule has 9 aliphatic carbocycles. The van der Waals surface area contributed by atoms with Gasteiger partial charge >= 0.3 is 0 Å². The second kappa shape index (κ2) is 10.5. The SMILES string of the molecule is Cc1ccc(C2C3CCCCC3C(c3ccc(C)cc3)C3C4CCC5C6CCC7CCC8CCC(C9CCC(C4C95)C23)C6C87)cc1. The van der Waals surface area contributed by atoms with E-state index in [9.17, 15) is 0 Å². The van der Waals surface area contributed by atoms with Gasteiger partial charge in [-0.2, -0.15) is 0 Å². The van der Waals surface area contributed by atoms with Crippen molar-refractivity contribution >= 4 is 0 Å². The molecule has 244 valence electrons. The molecule has 11 rings (SSSR count). The van der Waals surface area contributed by atoms with Crippen molar-refractivity contribution in [1.82, 2.24) is 0 Å². The van der Waals surface area contributed by atoms with E-state index in [1.54, 1.807) is 75.3 Å². The van der Waals surface area contributed by atoms with E-state index in [1.807, 2.05) is 0 Å². The Morgan fingerprint density at radius 3 is 1.13 bits per heavy atom. The minimum atomic E-state index is 0.809. The Hall–Kier alpha value is -1.56. The Morgan fingerprint density at radius 1 is 0.326 bits per heavy atom. The number of fused-ring (bicyclic) bond motifs is 6. The minimum Gasteiger partial charge on any atom is -0.0590 e. The van der Waals surface area contributed by atoms with Gasteiger partial charge in [0.15, 0.2) is 0 Å². The van der Waals surface area contributed by atoms with Crippen LogP contribution < -0.4 is 0 Å². The van der Waals surface area contributed by atoms with E-state index < -0.39 is 0 Å². The van der Waals surface area contributed by atoms with Gasteiger partial charge in [-0.15, -0.1) is 0 Å². The molecule has 0 aliphatic heterocycles. The van der Waals surface area contributed by atoms with Crippen LogP contribution in [0.4, 0.5) is 0 Å². The first-order valence-electron chi connectivity index (χ1n) is 20.8. The molecule has 0 nitrogen and oxygen atoms in total. The Labute approximate surface area is 280 Å². The maximum Gasteiger partial charge on any atom is -0.00967 e. The van der Waals surface area contributed by atoms with Crippen LogP contribution in [0.3, 0.4) is 0 Å². The van der Waals surface area contributed by atoms with Crippen molar-refractivity contribution in [3.63, 3.8) is 0 Å². The molecule has 14 atom stereocenters. The van der Waals surface area contributed by atoms with E-state index in [0.29, 0.717) is 0 Å². The molecule has 0 bridgehead atoms. The largest absolute Gasteiger partial charge is 0.0590 e. The Kier molecular flexibility index (Phi) is 6.44. The highest BCUT2D eigenvalue weighted by Crippen LogP contribution is 2.76. The first-order chi connectivity index (χ1) is 22.7. The van der Waals surface area contributed by atoms with Gasteiger partial charge in [0, 0.05) is 0 Å². The van der Waals surface area contributed by atoms with E-state index >= 15 is 0 Å². The van der Waals surface area contributed by atoms with E-state index in [-0.39, 0.29) is 0 Å². The molecule has 14 unspecified atom stereocenters. The van der Waals surface area contributed by atoms with Gasteiger partial charge in [0.05, 0.1) is 0 Å². The lowest BCUT2D eigenvalue weighted by atomic mass is 9.40. The molecule has 0 saturated heterocycles. The van der Waals surface area contributed by atoms with Gasteiger partial charge in [0.25, 0.3) is 0 Å². The lowest BCUT2D eigenvalue weighted by Crippen LogP contribution is -2.59. The monoisotopic (exact) mass is 612 g/mol. The van der Waals surface area contributed by atoms with Crippen LogP contribution in [0.15, 0.2) is 48.5 Å². The molecule has 46 heavy (non-hydrogen) atoms. The van der Waals surface area contributed by atoms with E-state index in [0.717, 1.165) is 107 Å². The molecule has 0 amide bonds. The third-order valence-electron chi connectivity index (χ3n) is 18.3. The molecule has 9 saturated carbocycles. The van der Waals surface area contributed by atoms with Crippen LogP contribution in [0.25, 0.3) is 0 Å². The third kappa shape index (κ3) is 3.80. The van der Waals surface area contributed by atoms with Crippen LogP contribution in [-0.2, 0) is 0 Å². The van der Waals surface area contributed by atoms with Crippen LogP contribution in [0, 0.1) is 109 Å². The first kappa shape index (κ1) is 28.3. The molecular weight excluding hydrogens is 553 g/mol. The highest BCUT2D eigenvalue weighted by atomic mass is 14.7. The zero-order chi connectivity index (χ0) is 30.3. The van der Waals surface area contributed by atoms with Crippen molar-refractivity contribution in [2.45, 2.75) is 116 Å². The number of benzene rings is 2. The van der Waals surface area contributed by atoms with Crippen molar-refractivity contribution in [2.24, 2.45) is 94.7 Å². The van der Waals surface area contributed by atoms with Gasteiger partial charge in [0.2, 0.25) is 0 Å². The highest BCUT2D eigenvalue weighted by Gasteiger charge is 2.70. The topological polar surface area (TPSA) is 0 Å². The van der Waals surface area contributed by atoms with Crippen molar-refractivity contribution in [3.8, 4) is 0 Å². The smallest absolute Gasteiger partial charge is 0.00967 e. The summed E-state index contributed by atoms with van der Waals surface area (Å²) in [7, 11) is 0. The van der Waals surface area contributed by atoms with E-state index in [1.165, 1.54) is 36.8 Å². The molecule has 0 N–H and O–H groups in total. The molecule has 0 radical (unpaired) electrons. The van der Waals surface area contributed by atoms with Crippen molar-refractivity contribution in [1.29, 1.82) is 0 Å². The summed E-state index contributed by atoms with van der Waals surface area (Å²) in [6, 6.07) is 20.4. The molecule has 9 aliphatic rings. The van der Waals surface area contributed by atoms with E-state index in [2.05, 4.69) is 62.4 Å². The predicted octanol–water partition coefficient (Wildman–Crippen LogP) is 11.6. The van der Waals surface area contributed by atoms with Crippen LogP contribution >= 0.6 is 0 Å². The number of aryl methyl sites for hydroxylation is 2. The second-order valence-electron chi connectivity index (χ2n) is 19.3. The summed E-state index contributed by atoms with van der Waals surface area (Å²) < 4.78 is 0. The number of rotatable bonds is 2. The maximum atomic E-state index is 2.62. The van der Waals surface area contributed by atoms with Gasteiger partial charge in [-0.25, -0.2) is 0 Å². The van der Waals surface area contributed by atoms with Gasteiger partial charge in [-0.1, -0.05) is 72.5 Å². The van der Waals surface area contributed by atoms with Gasteiger partial charge in [-0.05, 0) is 209 Å². The summed E-state index contributed by atoms with van der Waals surface area (Å²) in [5.74, 6) is 18.3. The summed E-state index contributed by atoms with van der Waals surface area (Å²) in [5, 5.41) is 0. The fourth-order valence-corrected chi connectivity index (χ4v) is 17.5. The van der Waals surface area contributed by atoms with Crippen LogP contribution in [-0.4, -0.2) is 0 Å². The van der Waals surface area contributed by atoms with E-state index in [4.69, 9.17) is 0 Å². The first-order valence-corrected chi connectivity index (χ1v) is 20.8. The zero-order valence-corrected chi connectivity index (χ0v) is 28.9. The summed E-state index contributed by atoms with van der Waals surface area (Å²) in [4.78, 5) is 0. The van der Waals surface area contributed by atoms with Crippen LogP contribution in [0.1, 0.15) is 124 Å². The molecule has 0 aromatic heterocycles. The summed E-state index contributed by atoms with van der Waals surface area (Å²) in [6.07, 6.45) is 22.0. The third-order valence-corrected chi connectivity index (χ3v) is 18.3. The Morgan fingerprint density at radius 2 is 0.674 bits per heavy atom. The van der Waals surface area contributed by atoms with Crippen LogP contribution in [0.5, 0.6) is 0 Å². The molecule has 2 aromatic rings. The lowest BCUT2D eigenvalue weighted by Gasteiger charge is -2.65. The number of hydrogen-bond donors (Lipinski definition) is 0. The Balaban J connectivity index is 1.05. The van der Waals surface area contributed by atoms with Crippen LogP contribution in [0.2, 0.25) is 0 Å². The van der Waals surface area contributed by atoms with Gasteiger partial charge < -0.3 is 0 Å². The predicted molar refractivity (Wildman–Crippen MR) is 188 cm³/mol. The van der Waals surface area contributed by atoms with Crippen molar-refractivity contribution < 1.29 is 0 Å². The number of hydrogen-bond acceptors (Lipinski definition) is 0. The zero-order valence-electron chi connectivity index (χ0n) is 28.9. The quantitative estimate of drug-likeness (QED) is 0.316. The normalized spacial score (nSPS) is 52.7. The Bertz CT molecular complexity index is 1340. The fourth-order valence-electron chi connectivity index (χ4n) is 17.5. The van der Waals surface area contributed by atoms with Crippen molar-refractivity contribution in [2.75, 3.05) is 0 Å². The standard InChI is InChI=1S/C46H60/c1-25-7-11-29(12-8-25)40-31-5-3-4-6-32(31)41(30-13-9-26(2)10-14-30)46-38-24-22-36-34-20-18-28-16-15-27-17-19-33(42(34)39(27)28)35-21-23-37(45(40)46)44(38)43(35)36/h7-14,27-28,31-46H,3-6,15-24H2,1-2H3. The molecule has 2 aromatic carbocycles. The average Bonchev–Trinajstić information content (AvgIpc) is 3.67. The molecule has 0 heterocycles. The second-order valence-corrected chi connectivity index (χ2v) is 19.3. The molecular formula is C46H60. The minimum absolute atomic E-state index is 0.809. The van der Waals surface area contributed by atoms with Crippen molar-refractivity contribution in [3.05, 3.63) is 70.8 Å². The molecule has 0 spiro atoms. The average molecular weight is 613 g/mol. The summed E-state index contributed by atoms with van der Waals surface area (Å²) >= 11 is 0. The summed E-state index contributed by atoms with van der Waals surface area (Å²) in [5.41, 5.74) is 6.39. The maximum absolute atomic E-state index is 2.62.